The molecule has 1 aromatic rings. The fourth-order valence-corrected chi connectivity index (χ4v) is 2.93. The fraction of sp³-hybridized carbons (Fsp3) is 0.786. The number of rotatable bonds is 7. The number of imidazole rings is 1. The highest BCUT2D eigenvalue weighted by Crippen LogP contribution is 2.43. The molecule has 2 fully saturated rings. The van der Waals surface area contributed by atoms with Crippen LogP contribution < -0.4 is 5.32 Å². The Bertz CT molecular complexity index is 403. The molecule has 2 atom stereocenters. The van der Waals surface area contributed by atoms with Gasteiger partial charge in [0.05, 0.1) is 30.8 Å². The Morgan fingerprint density at radius 3 is 3.16 bits per heavy atom. The molecule has 3 rings (SSSR count). The van der Waals surface area contributed by atoms with Gasteiger partial charge in [0.15, 0.2) is 0 Å². The molecule has 1 aliphatic carbocycles. The summed E-state index contributed by atoms with van der Waals surface area (Å²) in [7, 11) is 1.72. The first-order chi connectivity index (χ1) is 9.40. The van der Waals surface area contributed by atoms with E-state index in [1.54, 1.807) is 7.11 Å². The first-order valence-electron chi connectivity index (χ1n) is 7.22. The monoisotopic (exact) mass is 265 g/mol. The molecular weight excluding hydrogens is 242 g/mol. The molecule has 19 heavy (non-hydrogen) atoms. The van der Waals surface area contributed by atoms with Crippen LogP contribution in [0.15, 0.2) is 12.5 Å². The molecule has 5 heteroatoms. The molecule has 2 unspecified atom stereocenters. The van der Waals surface area contributed by atoms with Crippen molar-refractivity contribution in [1.29, 1.82) is 0 Å². The second-order valence-electron chi connectivity index (χ2n) is 5.49. The van der Waals surface area contributed by atoms with Crippen LogP contribution in [0.25, 0.3) is 0 Å². The maximum absolute atomic E-state index is 5.92. The van der Waals surface area contributed by atoms with Gasteiger partial charge in [0, 0.05) is 33.0 Å². The zero-order chi connectivity index (χ0) is 13.1. The molecule has 0 spiro atoms. The maximum atomic E-state index is 5.92. The SMILES string of the molecule is COCCNCc1cncn1C1CCOC1C1CC1. The van der Waals surface area contributed by atoms with Crippen molar-refractivity contribution in [2.75, 3.05) is 26.9 Å². The first-order valence-corrected chi connectivity index (χ1v) is 7.22. The first kappa shape index (κ1) is 13.1. The van der Waals surface area contributed by atoms with Crippen molar-refractivity contribution in [3.8, 4) is 0 Å². The lowest BCUT2D eigenvalue weighted by Gasteiger charge is -2.21. The van der Waals surface area contributed by atoms with Crippen molar-refractivity contribution < 1.29 is 9.47 Å². The van der Waals surface area contributed by atoms with E-state index in [1.807, 2.05) is 12.5 Å². The van der Waals surface area contributed by atoms with Gasteiger partial charge in [-0.3, -0.25) is 0 Å². The standard InChI is InChI=1S/C14H23N3O2/c1-18-7-5-15-8-12-9-16-10-17(12)13-4-6-19-14(13)11-2-3-11/h9-11,13-15H,2-8H2,1H3. The van der Waals surface area contributed by atoms with E-state index in [2.05, 4.69) is 14.9 Å². The van der Waals surface area contributed by atoms with Gasteiger partial charge in [-0.15, -0.1) is 0 Å². The summed E-state index contributed by atoms with van der Waals surface area (Å²) < 4.78 is 13.3. The molecule has 1 aromatic heterocycles. The second-order valence-corrected chi connectivity index (χ2v) is 5.49. The summed E-state index contributed by atoms with van der Waals surface area (Å²) in [6.45, 7) is 3.35. The number of hydrogen-bond acceptors (Lipinski definition) is 4. The Hall–Kier alpha value is -0.910. The summed E-state index contributed by atoms with van der Waals surface area (Å²) in [5, 5.41) is 3.39. The Balaban J connectivity index is 1.62. The Labute approximate surface area is 114 Å². The highest BCUT2D eigenvalue weighted by atomic mass is 16.5. The minimum atomic E-state index is 0.409. The number of aromatic nitrogens is 2. The summed E-state index contributed by atoms with van der Waals surface area (Å²) in [4.78, 5) is 4.32. The summed E-state index contributed by atoms with van der Waals surface area (Å²) in [5.74, 6) is 0.782. The van der Waals surface area contributed by atoms with E-state index in [-0.39, 0.29) is 0 Å². The van der Waals surface area contributed by atoms with Gasteiger partial charge in [0.1, 0.15) is 0 Å². The van der Waals surface area contributed by atoms with Gasteiger partial charge in [-0.2, -0.15) is 0 Å². The molecule has 0 aromatic carbocycles. The fourth-order valence-electron chi connectivity index (χ4n) is 2.93. The molecule has 2 heterocycles. The van der Waals surface area contributed by atoms with Crippen LogP contribution in [0.2, 0.25) is 0 Å². The average Bonchev–Trinajstić information content (AvgIpc) is 2.98. The van der Waals surface area contributed by atoms with Crippen molar-refractivity contribution in [3.63, 3.8) is 0 Å². The van der Waals surface area contributed by atoms with Gasteiger partial charge in [-0.25, -0.2) is 4.98 Å². The van der Waals surface area contributed by atoms with Crippen LogP contribution >= 0.6 is 0 Å². The van der Waals surface area contributed by atoms with Crippen LogP contribution in [0.1, 0.15) is 31.0 Å². The third-order valence-corrected chi connectivity index (χ3v) is 4.08. The van der Waals surface area contributed by atoms with Crippen molar-refractivity contribution in [3.05, 3.63) is 18.2 Å². The van der Waals surface area contributed by atoms with Crippen molar-refractivity contribution in [2.45, 2.75) is 38.0 Å². The lowest BCUT2D eigenvalue weighted by Crippen LogP contribution is -2.26. The molecular formula is C14H23N3O2. The molecule has 1 N–H and O–H groups in total. The van der Waals surface area contributed by atoms with Gasteiger partial charge in [0.2, 0.25) is 0 Å². The summed E-state index contributed by atoms with van der Waals surface area (Å²) in [6.07, 6.45) is 8.10. The lowest BCUT2D eigenvalue weighted by molar-refractivity contribution is 0.0745. The van der Waals surface area contributed by atoms with Crippen LogP contribution in [0.5, 0.6) is 0 Å². The summed E-state index contributed by atoms with van der Waals surface area (Å²) in [5.41, 5.74) is 1.25. The van der Waals surface area contributed by atoms with Crippen LogP contribution in [-0.4, -0.2) is 42.5 Å². The van der Waals surface area contributed by atoms with Crippen molar-refractivity contribution >= 4 is 0 Å². The smallest absolute Gasteiger partial charge is 0.0952 e. The van der Waals surface area contributed by atoms with E-state index in [0.29, 0.717) is 12.1 Å². The van der Waals surface area contributed by atoms with E-state index in [0.717, 1.165) is 38.6 Å². The molecule has 0 amide bonds. The van der Waals surface area contributed by atoms with Gasteiger partial charge in [0.25, 0.3) is 0 Å². The predicted octanol–water partition coefficient (Wildman–Crippen LogP) is 1.36. The molecule has 2 aliphatic rings. The average molecular weight is 265 g/mol. The van der Waals surface area contributed by atoms with Crippen LogP contribution in [-0.2, 0) is 16.0 Å². The second kappa shape index (κ2) is 6.03. The van der Waals surface area contributed by atoms with Crippen molar-refractivity contribution in [1.82, 2.24) is 14.9 Å². The summed E-state index contributed by atoms with van der Waals surface area (Å²) in [6, 6.07) is 0.481. The Morgan fingerprint density at radius 2 is 2.37 bits per heavy atom. The highest BCUT2D eigenvalue weighted by Gasteiger charge is 2.41. The number of hydrogen-bond donors (Lipinski definition) is 1. The molecule has 1 aliphatic heterocycles. The molecule has 1 saturated heterocycles. The quantitative estimate of drug-likeness (QED) is 0.756. The third kappa shape index (κ3) is 2.99. The normalized spacial score (nSPS) is 27.0. The largest absolute Gasteiger partial charge is 0.383 e. The topological polar surface area (TPSA) is 48.3 Å². The van der Waals surface area contributed by atoms with Gasteiger partial charge in [-0.05, 0) is 25.2 Å². The van der Waals surface area contributed by atoms with Gasteiger partial charge in [-0.1, -0.05) is 0 Å². The van der Waals surface area contributed by atoms with E-state index < -0.39 is 0 Å². The predicted molar refractivity (Wildman–Crippen MR) is 71.9 cm³/mol. The Kier molecular flexibility index (Phi) is 4.15. The molecule has 1 saturated carbocycles. The maximum Gasteiger partial charge on any atom is 0.0952 e. The highest BCUT2D eigenvalue weighted by molar-refractivity contribution is 5.04. The number of nitrogens with zero attached hydrogens (tertiary/aromatic N) is 2. The zero-order valence-corrected chi connectivity index (χ0v) is 11.5. The number of nitrogens with one attached hydrogen (secondary N) is 1. The minimum absolute atomic E-state index is 0.409. The molecule has 0 radical (unpaired) electrons. The zero-order valence-electron chi connectivity index (χ0n) is 11.5. The molecule has 5 nitrogen and oxygen atoms in total. The minimum Gasteiger partial charge on any atom is -0.383 e. The number of methoxy groups -OCH3 is 1. The van der Waals surface area contributed by atoms with Gasteiger partial charge < -0.3 is 19.4 Å². The van der Waals surface area contributed by atoms with Crippen molar-refractivity contribution in [2.24, 2.45) is 5.92 Å². The van der Waals surface area contributed by atoms with E-state index >= 15 is 0 Å². The molecule has 0 bridgehead atoms. The molecule has 106 valence electrons. The van der Waals surface area contributed by atoms with Crippen LogP contribution in [0.4, 0.5) is 0 Å². The van der Waals surface area contributed by atoms with E-state index in [9.17, 15) is 0 Å². The van der Waals surface area contributed by atoms with Crippen LogP contribution in [0, 0.1) is 5.92 Å². The van der Waals surface area contributed by atoms with E-state index in [1.165, 1.54) is 18.5 Å². The third-order valence-electron chi connectivity index (χ3n) is 4.08. The summed E-state index contributed by atoms with van der Waals surface area (Å²) >= 11 is 0. The number of ether oxygens (including phenoxy) is 2. The Morgan fingerprint density at radius 1 is 1.47 bits per heavy atom. The van der Waals surface area contributed by atoms with Gasteiger partial charge >= 0.3 is 0 Å². The lowest BCUT2D eigenvalue weighted by atomic mass is 10.1. The van der Waals surface area contributed by atoms with E-state index in [4.69, 9.17) is 9.47 Å². The van der Waals surface area contributed by atoms with Crippen LogP contribution in [0.3, 0.4) is 0 Å².